The summed E-state index contributed by atoms with van der Waals surface area (Å²) in [5.74, 6) is 0.824. The summed E-state index contributed by atoms with van der Waals surface area (Å²) in [6, 6.07) is 0. The Balaban J connectivity index is 2.61. The summed E-state index contributed by atoms with van der Waals surface area (Å²) in [6.45, 7) is 4.10. The molecule has 0 aliphatic heterocycles. The van der Waals surface area contributed by atoms with E-state index in [1.807, 2.05) is 6.92 Å². The van der Waals surface area contributed by atoms with Gasteiger partial charge in [0.1, 0.15) is 4.64 Å². The van der Waals surface area contributed by atoms with Gasteiger partial charge in [-0.05, 0) is 13.3 Å². The molecule has 5 heteroatoms. The van der Waals surface area contributed by atoms with E-state index >= 15 is 0 Å². The topological polar surface area (TPSA) is 41.6 Å². The maximum absolute atomic E-state index is 5.22. The van der Waals surface area contributed by atoms with Crippen LogP contribution in [0.3, 0.4) is 0 Å². The van der Waals surface area contributed by atoms with Crippen LogP contribution in [0.25, 0.3) is 10.7 Å². The monoisotopic (exact) mass is 237 g/mol. The van der Waals surface area contributed by atoms with Gasteiger partial charge >= 0.3 is 0 Å². The molecule has 2 aromatic heterocycles. The zero-order chi connectivity index (χ0) is 10.8. The number of nitrogens with one attached hydrogen (secondary N) is 1. The Labute approximate surface area is 97.2 Å². The molecule has 0 aliphatic rings. The van der Waals surface area contributed by atoms with Crippen molar-refractivity contribution < 1.29 is 0 Å². The predicted molar refractivity (Wildman–Crippen MR) is 64.6 cm³/mol. The SMILES string of the molecule is CCc1[nH]c(-c2cncs2)nc(=S)c1C. The van der Waals surface area contributed by atoms with Crippen molar-refractivity contribution in [2.45, 2.75) is 20.3 Å². The number of rotatable bonds is 2. The minimum atomic E-state index is 0.675. The van der Waals surface area contributed by atoms with Crippen molar-refractivity contribution >= 4 is 23.6 Å². The molecule has 78 valence electrons. The van der Waals surface area contributed by atoms with Crippen LogP contribution in [0.5, 0.6) is 0 Å². The quantitative estimate of drug-likeness (QED) is 0.816. The number of aryl methyl sites for hydroxylation is 1. The molecular formula is C10H11N3S2. The lowest BCUT2D eigenvalue weighted by Gasteiger charge is -2.05. The van der Waals surface area contributed by atoms with Crippen LogP contribution in [-0.4, -0.2) is 15.0 Å². The first-order chi connectivity index (χ1) is 7.22. The molecule has 0 saturated heterocycles. The van der Waals surface area contributed by atoms with E-state index in [9.17, 15) is 0 Å². The third-order valence-corrected chi connectivity index (χ3v) is 3.45. The maximum Gasteiger partial charge on any atom is 0.150 e. The molecule has 1 N–H and O–H groups in total. The number of nitrogens with zero attached hydrogens (tertiary/aromatic N) is 2. The molecule has 0 atom stereocenters. The van der Waals surface area contributed by atoms with Gasteiger partial charge in [-0.2, -0.15) is 0 Å². The molecule has 2 rings (SSSR count). The number of hydrogen-bond donors (Lipinski definition) is 1. The Hall–Kier alpha value is -1.07. The average molecular weight is 237 g/mol. The van der Waals surface area contributed by atoms with E-state index in [1.165, 1.54) is 0 Å². The first-order valence-corrected chi connectivity index (χ1v) is 5.99. The summed E-state index contributed by atoms with van der Waals surface area (Å²) in [6.07, 6.45) is 2.73. The van der Waals surface area contributed by atoms with Gasteiger partial charge in [-0.25, -0.2) is 4.98 Å². The summed E-state index contributed by atoms with van der Waals surface area (Å²) in [7, 11) is 0. The van der Waals surface area contributed by atoms with Crippen molar-refractivity contribution in [1.82, 2.24) is 15.0 Å². The van der Waals surface area contributed by atoms with Crippen molar-refractivity contribution in [3.05, 3.63) is 27.6 Å². The zero-order valence-electron chi connectivity index (χ0n) is 8.57. The molecule has 0 fully saturated rings. The summed E-state index contributed by atoms with van der Waals surface area (Å²) >= 11 is 6.78. The van der Waals surface area contributed by atoms with Crippen LogP contribution in [0, 0.1) is 11.6 Å². The van der Waals surface area contributed by atoms with Crippen molar-refractivity contribution in [2.75, 3.05) is 0 Å². The summed E-state index contributed by atoms with van der Waals surface area (Å²) < 4.78 is 0.675. The Morgan fingerprint density at radius 3 is 2.93 bits per heavy atom. The van der Waals surface area contributed by atoms with E-state index in [0.717, 1.165) is 28.4 Å². The highest BCUT2D eigenvalue weighted by molar-refractivity contribution is 7.71. The molecule has 15 heavy (non-hydrogen) atoms. The minimum Gasteiger partial charge on any atom is -0.342 e. The van der Waals surface area contributed by atoms with Gasteiger partial charge in [0, 0.05) is 17.5 Å². The van der Waals surface area contributed by atoms with E-state index in [-0.39, 0.29) is 0 Å². The Morgan fingerprint density at radius 1 is 1.53 bits per heavy atom. The van der Waals surface area contributed by atoms with Gasteiger partial charge in [0.05, 0.1) is 10.4 Å². The third kappa shape index (κ3) is 1.98. The zero-order valence-corrected chi connectivity index (χ0v) is 10.2. The molecule has 0 radical (unpaired) electrons. The lowest BCUT2D eigenvalue weighted by atomic mass is 10.2. The van der Waals surface area contributed by atoms with E-state index in [2.05, 4.69) is 21.9 Å². The number of aromatic nitrogens is 3. The van der Waals surface area contributed by atoms with Crippen molar-refractivity contribution in [3.8, 4) is 10.7 Å². The standard InChI is InChI=1S/C10H11N3S2/c1-3-7-6(2)10(14)13-9(12-7)8-4-11-5-15-8/h4-5H,3H2,1-2H3,(H,12,13,14). The van der Waals surface area contributed by atoms with Crippen LogP contribution in [-0.2, 0) is 6.42 Å². The summed E-state index contributed by atoms with van der Waals surface area (Å²) in [5, 5.41) is 0. The second kappa shape index (κ2) is 4.20. The van der Waals surface area contributed by atoms with Gasteiger partial charge in [0.25, 0.3) is 0 Å². The number of aromatic amines is 1. The van der Waals surface area contributed by atoms with Crippen LogP contribution in [0.1, 0.15) is 18.2 Å². The lowest BCUT2D eigenvalue weighted by molar-refractivity contribution is 0.971. The fraction of sp³-hybridized carbons (Fsp3) is 0.300. The fourth-order valence-corrected chi connectivity index (χ4v) is 2.16. The molecule has 0 aliphatic carbocycles. The van der Waals surface area contributed by atoms with Crippen LogP contribution >= 0.6 is 23.6 Å². The lowest BCUT2D eigenvalue weighted by Crippen LogP contribution is -1.98. The van der Waals surface area contributed by atoms with E-state index in [0.29, 0.717) is 4.64 Å². The Morgan fingerprint density at radius 2 is 2.33 bits per heavy atom. The molecule has 2 heterocycles. The van der Waals surface area contributed by atoms with E-state index in [4.69, 9.17) is 12.2 Å². The van der Waals surface area contributed by atoms with Gasteiger partial charge in [-0.15, -0.1) is 11.3 Å². The number of hydrogen-bond acceptors (Lipinski definition) is 4. The third-order valence-electron chi connectivity index (χ3n) is 2.28. The minimum absolute atomic E-state index is 0.675. The van der Waals surface area contributed by atoms with Crippen molar-refractivity contribution in [2.24, 2.45) is 0 Å². The van der Waals surface area contributed by atoms with Crippen LogP contribution in [0.4, 0.5) is 0 Å². The molecule has 3 nitrogen and oxygen atoms in total. The van der Waals surface area contributed by atoms with Gasteiger partial charge in [0.2, 0.25) is 0 Å². The van der Waals surface area contributed by atoms with Crippen molar-refractivity contribution in [3.63, 3.8) is 0 Å². The van der Waals surface area contributed by atoms with Crippen LogP contribution in [0.15, 0.2) is 11.7 Å². The molecule has 0 bridgehead atoms. The smallest absolute Gasteiger partial charge is 0.150 e. The van der Waals surface area contributed by atoms with E-state index in [1.54, 1.807) is 23.0 Å². The van der Waals surface area contributed by atoms with Gasteiger partial charge in [0.15, 0.2) is 5.82 Å². The summed E-state index contributed by atoms with van der Waals surface area (Å²) in [4.78, 5) is 12.7. The Kier molecular flexibility index (Phi) is 2.93. The first kappa shape index (κ1) is 10.4. The van der Waals surface area contributed by atoms with Crippen molar-refractivity contribution in [1.29, 1.82) is 0 Å². The highest BCUT2D eigenvalue weighted by Crippen LogP contribution is 2.20. The molecule has 2 aromatic rings. The second-order valence-corrected chi connectivity index (χ2v) is 4.49. The fourth-order valence-electron chi connectivity index (χ4n) is 1.38. The maximum atomic E-state index is 5.22. The van der Waals surface area contributed by atoms with Crippen LogP contribution < -0.4 is 0 Å². The number of H-pyrrole nitrogens is 1. The largest absolute Gasteiger partial charge is 0.342 e. The van der Waals surface area contributed by atoms with Crippen LogP contribution in [0.2, 0.25) is 0 Å². The van der Waals surface area contributed by atoms with Gasteiger partial charge in [-0.3, -0.25) is 4.98 Å². The molecular weight excluding hydrogens is 226 g/mol. The van der Waals surface area contributed by atoms with Gasteiger partial charge < -0.3 is 4.98 Å². The Bertz CT molecular complexity index is 514. The normalized spacial score (nSPS) is 10.5. The van der Waals surface area contributed by atoms with Gasteiger partial charge in [-0.1, -0.05) is 19.1 Å². The second-order valence-electron chi connectivity index (χ2n) is 3.21. The molecule has 0 amide bonds. The molecule has 0 saturated carbocycles. The molecule has 0 aromatic carbocycles. The highest BCUT2D eigenvalue weighted by Gasteiger charge is 2.06. The molecule has 0 spiro atoms. The average Bonchev–Trinajstić information content (AvgIpc) is 2.75. The first-order valence-electron chi connectivity index (χ1n) is 4.71. The van der Waals surface area contributed by atoms with E-state index < -0.39 is 0 Å². The highest BCUT2D eigenvalue weighted by atomic mass is 32.1. The number of thiazole rings is 1. The molecule has 0 unspecified atom stereocenters. The predicted octanol–water partition coefficient (Wildman–Crippen LogP) is 3.13. The summed E-state index contributed by atoms with van der Waals surface area (Å²) in [5.41, 5.74) is 4.01.